The summed E-state index contributed by atoms with van der Waals surface area (Å²) in [5, 5.41) is 3.76. The highest BCUT2D eigenvalue weighted by molar-refractivity contribution is 5.92. The number of amides is 1. The number of rotatable bonds is 4. The molecule has 24 heavy (non-hydrogen) atoms. The van der Waals surface area contributed by atoms with Crippen molar-refractivity contribution < 1.29 is 4.79 Å². The van der Waals surface area contributed by atoms with Crippen LogP contribution in [0.1, 0.15) is 16.7 Å². The zero-order chi connectivity index (χ0) is 16.9. The molecular weight excluding hydrogens is 300 g/mol. The Kier molecular flexibility index (Phi) is 4.57. The van der Waals surface area contributed by atoms with Crippen LogP contribution in [0.5, 0.6) is 0 Å². The number of aromatic amines is 1. The SMILES string of the molecule is Cc1ccccc1CNC(=O)/C=C/c1cc2ccccc2[nH]c1=O. The number of nitrogens with one attached hydrogen (secondary N) is 2. The summed E-state index contributed by atoms with van der Waals surface area (Å²) >= 11 is 0. The summed E-state index contributed by atoms with van der Waals surface area (Å²) in [7, 11) is 0. The average Bonchev–Trinajstić information content (AvgIpc) is 2.59. The molecule has 0 bridgehead atoms. The second kappa shape index (κ2) is 6.96. The Bertz CT molecular complexity index is 971. The van der Waals surface area contributed by atoms with Crippen LogP contribution in [0.4, 0.5) is 0 Å². The van der Waals surface area contributed by atoms with Gasteiger partial charge in [-0.05, 0) is 41.6 Å². The third-order valence-electron chi connectivity index (χ3n) is 3.91. The lowest BCUT2D eigenvalue weighted by atomic mass is 10.1. The van der Waals surface area contributed by atoms with Gasteiger partial charge >= 0.3 is 0 Å². The van der Waals surface area contributed by atoms with Gasteiger partial charge in [-0.3, -0.25) is 9.59 Å². The van der Waals surface area contributed by atoms with E-state index < -0.39 is 0 Å². The lowest BCUT2D eigenvalue weighted by Crippen LogP contribution is -2.21. The molecule has 0 aliphatic carbocycles. The Morgan fingerprint density at radius 2 is 1.88 bits per heavy atom. The quantitative estimate of drug-likeness (QED) is 0.726. The topological polar surface area (TPSA) is 62.0 Å². The Labute approximate surface area is 139 Å². The van der Waals surface area contributed by atoms with E-state index in [0.29, 0.717) is 12.1 Å². The second-order valence-corrected chi connectivity index (χ2v) is 5.62. The number of fused-ring (bicyclic) bond motifs is 1. The predicted octanol–water partition coefficient (Wildman–Crippen LogP) is 3.17. The van der Waals surface area contributed by atoms with Gasteiger partial charge in [0.25, 0.3) is 5.56 Å². The molecule has 120 valence electrons. The van der Waals surface area contributed by atoms with E-state index in [-0.39, 0.29) is 11.5 Å². The first-order valence-electron chi connectivity index (χ1n) is 7.76. The van der Waals surface area contributed by atoms with Crippen molar-refractivity contribution in [3.8, 4) is 0 Å². The predicted molar refractivity (Wildman–Crippen MR) is 96.6 cm³/mol. The number of H-pyrrole nitrogens is 1. The van der Waals surface area contributed by atoms with E-state index in [1.54, 1.807) is 12.1 Å². The maximum absolute atomic E-state index is 12.0. The van der Waals surface area contributed by atoms with Crippen molar-refractivity contribution in [2.75, 3.05) is 0 Å². The molecule has 0 radical (unpaired) electrons. The molecule has 0 unspecified atom stereocenters. The zero-order valence-electron chi connectivity index (χ0n) is 13.4. The maximum atomic E-state index is 12.0. The number of carbonyl (C=O) groups excluding carboxylic acids is 1. The summed E-state index contributed by atoms with van der Waals surface area (Å²) in [6.07, 6.45) is 2.93. The fraction of sp³-hybridized carbons (Fsp3) is 0.100. The highest BCUT2D eigenvalue weighted by atomic mass is 16.1. The molecule has 1 heterocycles. The highest BCUT2D eigenvalue weighted by Gasteiger charge is 2.02. The van der Waals surface area contributed by atoms with Crippen molar-refractivity contribution in [1.29, 1.82) is 0 Å². The number of aromatic nitrogens is 1. The van der Waals surface area contributed by atoms with Crippen LogP contribution < -0.4 is 10.9 Å². The van der Waals surface area contributed by atoms with Crippen LogP contribution >= 0.6 is 0 Å². The molecule has 0 fully saturated rings. The van der Waals surface area contributed by atoms with Gasteiger partial charge in [0.1, 0.15) is 0 Å². The Morgan fingerprint density at radius 3 is 2.71 bits per heavy atom. The van der Waals surface area contributed by atoms with Crippen molar-refractivity contribution in [1.82, 2.24) is 10.3 Å². The van der Waals surface area contributed by atoms with Crippen LogP contribution in [-0.4, -0.2) is 10.9 Å². The number of benzene rings is 2. The minimum absolute atomic E-state index is 0.211. The lowest BCUT2D eigenvalue weighted by molar-refractivity contribution is -0.116. The minimum atomic E-state index is -0.231. The van der Waals surface area contributed by atoms with E-state index in [1.807, 2.05) is 55.5 Å². The normalized spacial score (nSPS) is 11.0. The molecule has 4 nitrogen and oxygen atoms in total. The van der Waals surface area contributed by atoms with Crippen LogP contribution in [0.3, 0.4) is 0 Å². The van der Waals surface area contributed by atoms with Gasteiger partial charge in [-0.1, -0.05) is 42.5 Å². The molecule has 1 aromatic heterocycles. The third kappa shape index (κ3) is 3.60. The molecule has 0 aliphatic heterocycles. The van der Waals surface area contributed by atoms with Crippen LogP contribution in [0.25, 0.3) is 17.0 Å². The van der Waals surface area contributed by atoms with Crippen LogP contribution in [-0.2, 0) is 11.3 Å². The Hall–Kier alpha value is -3.14. The van der Waals surface area contributed by atoms with Gasteiger partial charge in [-0.25, -0.2) is 0 Å². The minimum Gasteiger partial charge on any atom is -0.348 e. The van der Waals surface area contributed by atoms with Gasteiger partial charge < -0.3 is 10.3 Å². The molecule has 1 amide bonds. The molecule has 3 rings (SSSR count). The highest BCUT2D eigenvalue weighted by Crippen LogP contribution is 2.11. The zero-order valence-corrected chi connectivity index (χ0v) is 13.4. The summed E-state index contributed by atoms with van der Waals surface area (Å²) in [5.74, 6) is -0.231. The number of pyridine rings is 1. The molecule has 2 N–H and O–H groups in total. The van der Waals surface area contributed by atoms with Gasteiger partial charge in [-0.15, -0.1) is 0 Å². The summed E-state index contributed by atoms with van der Waals surface area (Å²) in [6, 6.07) is 17.2. The third-order valence-corrected chi connectivity index (χ3v) is 3.91. The van der Waals surface area contributed by atoms with Crippen molar-refractivity contribution in [2.45, 2.75) is 13.5 Å². The van der Waals surface area contributed by atoms with Crippen molar-refractivity contribution in [3.05, 3.63) is 87.7 Å². The summed E-state index contributed by atoms with van der Waals surface area (Å²) < 4.78 is 0. The monoisotopic (exact) mass is 318 g/mol. The Balaban J connectivity index is 1.71. The summed E-state index contributed by atoms with van der Waals surface area (Å²) in [6.45, 7) is 2.47. The van der Waals surface area contributed by atoms with E-state index in [1.165, 1.54) is 6.08 Å². The van der Waals surface area contributed by atoms with Crippen molar-refractivity contribution in [3.63, 3.8) is 0 Å². The number of hydrogen-bond acceptors (Lipinski definition) is 2. The first-order valence-corrected chi connectivity index (χ1v) is 7.76. The number of aryl methyl sites for hydroxylation is 1. The molecule has 0 aliphatic rings. The molecule has 0 atom stereocenters. The van der Waals surface area contributed by atoms with Crippen LogP contribution in [0.15, 0.2) is 65.5 Å². The Morgan fingerprint density at radius 1 is 1.12 bits per heavy atom. The number of para-hydroxylation sites is 1. The van der Waals surface area contributed by atoms with Crippen molar-refractivity contribution in [2.24, 2.45) is 0 Å². The van der Waals surface area contributed by atoms with E-state index in [9.17, 15) is 9.59 Å². The summed E-state index contributed by atoms with van der Waals surface area (Å²) in [4.78, 5) is 26.8. The van der Waals surface area contributed by atoms with Gasteiger partial charge in [0.2, 0.25) is 5.91 Å². The maximum Gasteiger partial charge on any atom is 0.255 e. The molecule has 0 saturated heterocycles. The fourth-order valence-electron chi connectivity index (χ4n) is 2.50. The van der Waals surface area contributed by atoms with Crippen LogP contribution in [0, 0.1) is 6.92 Å². The lowest BCUT2D eigenvalue weighted by Gasteiger charge is -2.05. The van der Waals surface area contributed by atoms with Crippen molar-refractivity contribution >= 4 is 22.9 Å². The van der Waals surface area contributed by atoms with E-state index >= 15 is 0 Å². The molecule has 4 heteroatoms. The van der Waals surface area contributed by atoms with E-state index in [4.69, 9.17) is 0 Å². The molecule has 0 saturated carbocycles. The van der Waals surface area contributed by atoms with E-state index in [2.05, 4.69) is 10.3 Å². The number of carbonyl (C=O) groups is 1. The van der Waals surface area contributed by atoms with Gasteiger partial charge in [0, 0.05) is 23.7 Å². The van der Waals surface area contributed by atoms with Gasteiger partial charge in [-0.2, -0.15) is 0 Å². The first-order chi connectivity index (χ1) is 11.6. The standard InChI is InChI=1S/C20H18N2O2/c1-14-6-2-3-8-17(14)13-21-19(23)11-10-16-12-15-7-4-5-9-18(15)22-20(16)24/h2-12H,13H2,1H3,(H,21,23)(H,22,24)/b11-10+. The molecule has 3 aromatic rings. The summed E-state index contributed by atoms with van der Waals surface area (Å²) in [5.41, 5.74) is 3.23. The van der Waals surface area contributed by atoms with Gasteiger partial charge in [0.05, 0.1) is 0 Å². The van der Waals surface area contributed by atoms with E-state index in [0.717, 1.165) is 22.0 Å². The van der Waals surface area contributed by atoms with Crippen LogP contribution in [0.2, 0.25) is 0 Å². The van der Waals surface area contributed by atoms with Gasteiger partial charge in [0.15, 0.2) is 0 Å². The first kappa shape index (κ1) is 15.7. The largest absolute Gasteiger partial charge is 0.348 e. The second-order valence-electron chi connectivity index (χ2n) is 5.62. The molecule has 2 aromatic carbocycles. The number of hydrogen-bond donors (Lipinski definition) is 2. The molecule has 0 spiro atoms. The fourth-order valence-corrected chi connectivity index (χ4v) is 2.50. The average molecular weight is 318 g/mol. The smallest absolute Gasteiger partial charge is 0.255 e. The molecular formula is C20H18N2O2.